The molecule has 0 aliphatic carbocycles. The molecule has 0 bridgehead atoms. The summed E-state index contributed by atoms with van der Waals surface area (Å²) in [5, 5.41) is 35.5. The molecule has 118 heavy (non-hydrogen) atoms. The first-order valence-corrected chi connectivity index (χ1v) is 37.2. The molecule has 0 aliphatic rings. The summed E-state index contributed by atoms with van der Waals surface area (Å²) in [7, 11) is 13.1. The number of nitrogens with zero attached hydrogens (tertiary/aromatic N) is 12. The number of fused-ring (bicyclic) bond motifs is 3. The molecular formula is C82H82Cl8Mo4N12O12-2. The SMILES string of the molecule is CC(=O)[O-].CC(=O)[O-].COc1ccc(N=C[N-]c2ccc(OC)cc2)cc1.COc1ccc(N=C[N-]c2ccc(OC)cc2)cc1.COc1ccc(N=C[N-]c2ccc(OC)cc2)cc1.COc1ccc(N=C[N-]c2ccc(OC)cc2)cc1.ClCCl.ClCCl.ClCCl.ClCCl.[Mo+2].[Mo+2].[Mo].[Mo].c1ccc2nc3nc4ccccc4nc3nc2c1. The van der Waals surface area contributed by atoms with Crippen molar-refractivity contribution in [2.45, 2.75) is 13.8 Å². The predicted octanol–water partition coefficient (Wildman–Crippen LogP) is 22.2. The number of aliphatic imine (C=N–C) groups is 4. The van der Waals surface area contributed by atoms with Gasteiger partial charge in [-0.25, -0.2) is 19.9 Å². The number of hydrogen-bond acceptors (Lipinski definition) is 20. The third kappa shape index (κ3) is 51.7. The van der Waals surface area contributed by atoms with Crippen LogP contribution in [-0.4, -0.2) is 135 Å². The first-order valence-electron chi connectivity index (χ1n) is 33.0. The van der Waals surface area contributed by atoms with Crippen molar-refractivity contribution in [1.29, 1.82) is 0 Å². The molecular weight excluding hydrogens is 2010 g/mol. The average Bonchev–Trinajstić information content (AvgIpc) is 0.782. The molecule has 0 aliphatic heterocycles. The van der Waals surface area contributed by atoms with Gasteiger partial charge in [0.05, 0.1) is 100 Å². The molecule has 0 fully saturated rings. The summed E-state index contributed by atoms with van der Waals surface area (Å²) in [5.41, 5.74) is 11.2. The van der Waals surface area contributed by atoms with E-state index < -0.39 is 11.9 Å². The Labute approximate surface area is 785 Å². The van der Waals surface area contributed by atoms with Gasteiger partial charge < -0.3 is 98.9 Å². The van der Waals surface area contributed by atoms with Crippen LogP contribution in [0.3, 0.4) is 0 Å². The maximum absolute atomic E-state index is 8.89. The van der Waals surface area contributed by atoms with E-state index in [1.807, 2.05) is 243 Å². The van der Waals surface area contributed by atoms with Gasteiger partial charge in [0.25, 0.3) is 0 Å². The van der Waals surface area contributed by atoms with Gasteiger partial charge in [-0.15, -0.1) is 92.8 Å². The molecule has 0 saturated heterocycles. The molecule has 0 radical (unpaired) electrons. The number of carbonyl (C=O) groups is 2. The minimum atomic E-state index is -1.08. The topological polar surface area (TPSA) is 311 Å². The number of alkyl halides is 8. The number of hydrogen-bond donors (Lipinski definition) is 0. The molecule has 2 heterocycles. The maximum Gasteiger partial charge on any atom is 2.00 e. The first-order chi connectivity index (χ1) is 55.3. The van der Waals surface area contributed by atoms with Crippen molar-refractivity contribution in [2.75, 3.05) is 78.2 Å². The van der Waals surface area contributed by atoms with E-state index in [4.69, 9.17) is 151 Å². The summed E-state index contributed by atoms with van der Waals surface area (Å²) in [6, 6.07) is 75.2. The molecule has 0 atom stereocenters. The van der Waals surface area contributed by atoms with Crippen LogP contribution >= 0.6 is 92.8 Å². The van der Waals surface area contributed by atoms with E-state index >= 15 is 0 Å². The second-order valence-corrected chi connectivity index (χ2v) is 23.8. The summed E-state index contributed by atoms with van der Waals surface area (Å²) >= 11 is 38.1. The number of aromatic nitrogens is 4. The fourth-order valence-corrected chi connectivity index (χ4v) is 8.01. The average molecular weight is 2100 g/mol. The van der Waals surface area contributed by atoms with Gasteiger partial charge >= 0.3 is 42.1 Å². The van der Waals surface area contributed by atoms with Crippen LogP contribution < -0.4 is 48.1 Å². The molecule has 624 valence electrons. The van der Waals surface area contributed by atoms with Gasteiger partial charge in [-0.2, -0.15) is 0 Å². The predicted molar refractivity (Wildman–Crippen MR) is 466 cm³/mol. The number of halogens is 8. The third-order valence-corrected chi connectivity index (χ3v) is 13.1. The van der Waals surface area contributed by atoms with E-state index in [1.165, 1.54) is 25.4 Å². The minimum absolute atomic E-state index is 0. The van der Waals surface area contributed by atoms with Crippen LogP contribution in [0.4, 0.5) is 45.5 Å². The molecule has 0 spiro atoms. The van der Waals surface area contributed by atoms with Crippen molar-refractivity contribution in [1.82, 2.24) is 19.9 Å². The summed E-state index contributed by atoms with van der Waals surface area (Å²) < 4.78 is 40.6. The maximum atomic E-state index is 8.89. The fraction of sp³-hybridized carbons (Fsp3) is 0.171. The fourth-order valence-electron chi connectivity index (χ4n) is 8.01. The minimum Gasteiger partial charge on any atom is -0.550 e. The number of methoxy groups -OCH3 is 8. The van der Waals surface area contributed by atoms with Crippen LogP contribution in [-0.2, 0) is 93.9 Å². The Morgan fingerprint density at radius 1 is 0.288 bits per heavy atom. The summed E-state index contributed by atoms with van der Waals surface area (Å²) in [6.07, 6.45) is 6.13. The van der Waals surface area contributed by atoms with Crippen LogP contribution in [0.15, 0.2) is 263 Å². The zero-order valence-corrected chi connectivity index (χ0v) is 79.2. The van der Waals surface area contributed by atoms with E-state index in [9.17, 15) is 0 Å². The largest absolute Gasteiger partial charge is 2.00 e. The number of carbonyl (C=O) groups excluding carboxylic acids is 2. The Balaban J connectivity index is -0.00000131. The van der Waals surface area contributed by atoms with Crippen molar-refractivity contribution in [2.24, 2.45) is 20.0 Å². The summed E-state index contributed by atoms with van der Waals surface area (Å²) in [5.74, 6) is 4.32. The van der Waals surface area contributed by atoms with Crippen molar-refractivity contribution in [3.63, 3.8) is 0 Å². The Kier molecular flexibility index (Phi) is 69.7. The molecule has 12 rings (SSSR count). The van der Waals surface area contributed by atoms with Crippen LogP contribution in [0.1, 0.15) is 13.8 Å². The molecule has 0 unspecified atom stereocenters. The number of rotatable bonds is 20. The first kappa shape index (κ1) is 114. The Morgan fingerprint density at radius 2 is 0.415 bits per heavy atom. The smallest absolute Gasteiger partial charge is 0.550 e. The second-order valence-electron chi connectivity index (χ2n) is 20.5. The van der Waals surface area contributed by atoms with Gasteiger partial charge in [0, 0.05) is 54.1 Å². The van der Waals surface area contributed by atoms with Crippen LogP contribution in [0.2, 0.25) is 0 Å². The number of benzene rings is 10. The quantitative estimate of drug-likeness (QED) is 0.0225. The van der Waals surface area contributed by atoms with Gasteiger partial charge in [0.1, 0.15) is 46.0 Å². The van der Waals surface area contributed by atoms with Crippen molar-refractivity contribution < 1.29 is 142 Å². The molecule has 0 saturated carbocycles. The zero-order valence-electron chi connectivity index (χ0n) is 65.2. The van der Waals surface area contributed by atoms with Crippen LogP contribution in [0, 0.1) is 0 Å². The van der Waals surface area contributed by atoms with Gasteiger partial charge in [0.15, 0.2) is 11.3 Å². The summed E-state index contributed by atoms with van der Waals surface area (Å²) in [6.45, 7) is 1.94. The van der Waals surface area contributed by atoms with E-state index in [0.29, 0.717) is 11.3 Å². The monoisotopic (exact) mass is 2100 g/mol. The number of carboxylic acids is 2. The van der Waals surface area contributed by atoms with Gasteiger partial charge in [-0.05, 0) is 181 Å². The molecule has 36 heteroatoms. The number of ether oxygens (including phenoxy) is 8. The van der Waals surface area contributed by atoms with Crippen molar-refractivity contribution in [3.8, 4) is 46.0 Å². The van der Waals surface area contributed by atoms with E-state index in [-0.39, 0.29) is 106 Å². The van der Waals surface area contributed by atoms with E-state index in [2.05, 4.69) is 61.2 Å². The van der Waals surface area contributed by atoms with Gasteiger partial charge in [0.2, 0.25) is 0 Å². The Hall–Kier alpha value is -8.57. The van der Waals surface area contributed by atoms with Gasteiger partial charge in [-0.1, -0.05) is 147 Å². The van der Waals surface area contributed by atoms with E-state index in [1.54, 1.807) is 56.9 Å². The van der Waals surface area contributed by atoms with Crippen LogP contribution in [0.25, 0.3) is 54.6 Å². The Morgan fingerprint density at radius 3 is 0.542 bits per heavy atom. The number of para-hydroxylation sites is 4. The zero-order chi connectivity index (χ0) is 83.9. The van der Waals surface area contributed by atoms with Crippen molar-refractivity contribution >= 4 is 209 Å². The van der Waals surface area contributed by atoms with Crippen molar-refractivity contribution in [3.05, 3.63) is 264 Å². The van der Waals surface area contributed by atoms with Gasteiger partial charge in [-0.3, -0.25) is 0 Å². The molecule has 0 amide bonds. The second kappa shape index (κ2) is 72.4. The molecule has 10 aromatic carbocycles. The normalized spacial score (nSPS) is 9.47. The summed E-state index contributed by atoms with van der Waals surface area (Å²) in [4.78, 5) is 52.7. The number of carboxylic acid groups (broad SMARTS) is 2. The molecule has 0 N–H and O–H groups in total. The van der Waals surface area contributed by atoms with Crippen LogP contribution in [0.5, 0.6) is 46.0 Å². The molecule has 12 aromatic rings. The Bertz CT molecular complexity index is 4120. The molecule has 24 nitrogen and oxygen atoms in total. The van der Waals surface area contributed by atoms with E-state index in [0.717, 1.165) is 127 Å². The third-order valence-electron chi connectivity index (χ3n) is 13.1. The number of aliphatic carboxylic acids is 2. The standard InChI is InChI=1S/4C15H15N2O2.C14H8N4.2C2H4O2.4CH2Cl2.4Mo/c4*1-18-14-7-3-12(4-8-14)16-11-17-13-5-9-15(19-2)10-6-13;1-2-6-10-9(5-1)15-13-14(16-10)18-12-8-4-3-7-11(12)17-13;2*1-2(3)4;4*2-1-3;;;;/h4*3-11H,1-2H3;1-8H;2*1H3,(H,3,4);4*1H2;;;;/q4*-1;;;;;;;;;;2*+2/p-2. The molecule has 2 aromatic heterocycles.